The number of hydrogen-bond donors (Lipinski definition) is 0. The first-order valence-corrected chi connectivity index (χ1v) is 8.30. The second kappa shape index (κ2) is 7.65. The minimum Gasteiger partial charge on any atom is -0.497 e. The van der Waals surface area contributed by atoms with Crippen molar-refractivity contribution in [2.24, 2.45) is 0 Å². The van der Waals surface area contributed by atoms with E-state index in [-0.39, 0.29) is 11.5 Å². The molecule has 0 saturated heterocycles. The van der Waals surface area contributed by atoms with Gasteiger partial charge in [-0.3, -0.25) is 4.90 Å². The van der Waals surface area contributed by atoms with E-state index in [4.69, 9.17) is 13.6 Å². The van der Waals surface area contributed by atoms with Crippen LogP contribution >= 0.6 is 0 Å². The van der Waals surface area contributed by atoms with E-state index in [2.05, 4.69) is 15.2 Å². The highest BCUT2D eigenvalue weighted by Gasteiger charge is 2.18. The number of nitrogens with zero attached hydrogens (tertiary/aromatic N) is 4. The van der Waals surface area contributed by atoms with Gasteiger partial charge in [-0.05, 0) is 32.2 Å². The zero-order valence-corrected chi connectivity index (χ0v) is 15.2. The minimum absolute atomic E-state index is 0.230. The third kappa shape index (κ3) is 3.91. The molecule has 2 aromatic heterocycles. The molecule has 1 aromatic carbocycles. The molecule has 3 rings (SSSR count). The molecule has 8 heteroatoms. The molecule has 0 fully saturated rings. The highest BCUT2D eigenvalue weighted by molar-refractivity contribution is 5.57. The Morgan fingerprint density at radius 1 is 1.15 bits per heavy atom. The SMILES string of the molecule is CCc1nnc(CN(C)Cc2nc(-c3cc(OC)ccc3F)oc2C)o1. The standard InChI is InChI=1S/C18H21FN4O3/c1-5-16-21-22-17(26-16)10-23(3)9-15-11(2)25-18(20-15)13-8-12(24-4)6-7-14(13)19/h6-8H,5,9-10H2,1-4H3. The summed E-state index contributed by atoms with van der Waals surface area (Å²) in [6.07, 6.45) is 0.703. The van der Waals surface area contributed by atoms with Gasteiger partial charge in [-0.1, -0.05) is 6.92 Å². The van der Waals surface area contributed by atoms with Crippen molar-refractivity contribution in [2.45, 2.75) is 33.4 Å². The summed E-state index contributed by atoms with van der Waals surface area (Å²) in [6, 6.07) is 4.46. The molecule has 2 heterocycles. The van der Waals surface area contributed by atoms with Gasteiger partial charge in [0.15, 0.2) is 0 Å². The molecule has 0 aliphatic heterocycles. The van der Waals surface area contributed by atoms with Crippen LogP contribution < -0.4 is 4.74 Å². The molecule has 0 spiro atoms. The Bertz CT molecular complexity index is 890. The normalized spacial score (nSPS) is 11.3. The van der Waals surface area contributed by atoms with Crippen molar-refractivity contribution in [1.29, 1.82) is 0 Å². The van der Waals surface area contributed by atoms with Gasteiger partial charge in [-0.2, -0.15) is 0 Å². The lowest BCUT2D eigenvalue weighted by molar-refractivity contribution is 0.274. The van der Waals surface area contributed by atoms with E-state index in [9.17, 15) is 4.39 Å². The number of aromatic nitrogens is 3. The molecule has 0 aliphatic carbocycles. The van der Waals surface area contributed by atoms with E-state index < -0.39 is 5.82 Å². The molecular weight excluding hydrogens is 339 g/mol. The summed E-state index contributed by atoms with van der Waals surface area (Å²) in [5.74, 6) is 2.15. The number of benzene rings is 1. The largest absolute Gasteiger partial charge is 0.497 e. The lowest BCUT2D eigenvalue weighted by Crippen LogP contribution is -2.18. The Morgan fingerprint density at radius 3 is 2.62 bits per heavy atom. The maximum Gasteiger partial charge on any atom is 0.230 e. The number of ether oxygens (including phenoxy) is 1. The summed E-state index contributed by atoms with van der Waals surface area (Å²) in [7, 11) is 3.44. The number of hydrogen-bond acceptors (Lipinski definition) is 7. The summed E-state index contributed by atoms with van der Waals surface area (Å²) in [5.41, 5.74) is 0.991. The molecule has 0 unspecified atom stereocenters. The van der Waals surface area contributed by atoms with Crippen LogP contribution in [0.25, 0.3) is 11.5 Å². The first-order chi connectivity index (χ1) is 12.5. The summed E-state index contributed by atoms with van der Waals surface area (Å²) in [5, 5.41) is 7.96. The Hall–Kier alpha value is -2.74. The van der Waals surface area contributed by atoms with Crippen molar-refractivity contribution < 1.29 is 18.0 Å². The molecule has 0 saturated carbocycles. The lowest BCUT2D eigenvalue weighted by Gasteiger charge is -2.12. The second-order valence-corrected chi connectivity index (χ2v) is 5.98. The van der Waals surface area contributed by atoms with Crippen molar-refractivity contribution in [3.63, 3.8) is 0 Å². The number of oxazole rings is 1. The van der Waals surface area contributed by atoms with Crippen LogP contribution in [0.5, 0.6) is 5.75 Å². The van der Waals surface area contributed by atoms with Gasteiger partial charge in [0.25, 0.3) is 0 Å². The first-order valence-electron chi connectivity index (χ1n) is 8.30. The fraction of sp³-hybridized carbons (Fsp3) is 0.389. The van der Waals surface area contributed by atoms with Gasteiger partial charge in [0.1, 0.15) is 17.3 Å². The highest BCUT2D eigenvalue weighted by Crippen LogP contribution is 2.28. The first kappa shape index (κ1) is 18.1. The monoisotopic (exact) mass is 360 g/mol. The van der Waals surface area contributed by atoms with Gasteiger partial charge in [-0.15, -0.1) is 10.2 Å². The van der Waals surface area contributed by atoms with Crippen LogP contribution in [-0.4, -0.2) is 34.2 Å². The van der Waals surface area contributed by atoms with Crippen LogP contribution in [0.2, 0.25) is 0 Å². The van der Waals surface area contributed by atoms with Gasteiger partial charge in [0.05, 0.1) is 24.9 Å². The third-order valence-corrected chi connectivity index (χ3v) is 3.93. The van der Waals surface area contributed by atoms with Crippen molar-refractivity contribution >= 4 is 0 Å². The molecular formula is C18H21FN4O3. The van der Waals surface area contributed by atoms with Crippen LogP contribution in [0.15, 0.2) is 27.0 Å². The van der Waals surface area contributed by atoms with Crippen LogP contribution in [0, 0.1) is 12.7 Å². The number of methoxy groups -OCH3 is 1. The molecule has 7 nitrogen and oxygen atoms in total. The van der Waals surface area contributed by atoms with E-state index in [1.807, 2.05) is 18.9 Å². The number of aryl methyl sites for hydroxylation is 2. The van der Waals surface area contributed by atoms with E-state index in [1.165, 1.54) is 13.2 Å². The third-order valence-electron chi connectivity index (χ3n) is 3.93. The van der Waals surface area contributed by atoms with E-state index >= 15 is 0 Å². The quantitative estimate of drug-likeness (QED) is 0.639. The maximum atomic E-state index is 14.1. The average molecular weight is 360 g/mol. The Balaban J connectivity index is 1.75. The molecule has 0 radical (unpaired) electrons. The summed E-state index contributed by atoms with van der Waals surface area (Å²) in [4.78, 5) is 6.42. The molecule has 0 aliphatic rings. The topological polar surface area (TPSA) is 77.4 Å². The van der Waals surface area contributed by atoms with Crippen molar-refractivity contribution in [3.8, 4) is 17.2 Å². The van der Waals surface area contributed by atoms with Gasteiger partial charge in [0, 0.05) is 13.0 Å². The van der Waals surface area contributed by atoms with Crippen molar-refractivity contribution in [1.82, 2.24) is 20.1 Å². The molecule has 26 heavy (non-hydrogen) atoms. The molecule has 138 valence electrons. The predicted octanol–water partition coefficient (Wildman–Crippen LogP) is 3.38. The highest BCUT2D eigenvalue weighted by atomic mass is 19.1. The van der Waals surface area contributed by atoms with Crippen molar-refractivity contribution in [2.75, 3.05) is 14.2 Å². The van der Waals surface area contributed by atoms with Gasteiger partial charge >= 0.3 is 0 Å². The number of halogens is 1. The smallest absolute Gasteiger partial charge is 0.230 e. The molecule has 0 atom stereocenters. The second-order valence-electron chi connectivity index (χ2n) is 5.98. The van der Waals surface area contributed by atoms with Crippen LogP contribution in [0.3, 0.4) is 0 Å². The van der Waals surface area contributed by atoms with E-state index in [0.29, 0.717) is 42.8 Å². The molecule has 3 aromatic rings. The van der Waals surface area contributed by atoms with E-state index in [0.717, 1.165) is 5.69 Å². The molecule has 0 N–H and O–H groups in total. The number of rotatable bonds is 7. The van der Waals surface area contributed by atoms with Gasteiger partial charge in [0.2, 0.25) is 17.7 Å². The summed E-state index contributed by atoms with van der Waals surface area (Å²) in [6.45, 7) is 4.76. The maximum absolute atomic E-state index is 14.1. The zero-order valence-electron chi connectivity index (χ0n) is 15.2. The van der Waals surface area contributed by atoms with Crippen molar-refractivity contribution in [3.05, 3.63) is 47.3 Å². The lowest BCUT2D eigenvalue weighted by atomic mass is 10.2. The Labute approximate surface area is 150 Å². The molecule has 0 bridgehead atoms. The summed E-state index contributed by atoms with van der Waals surface area (Å²) >= 11 is 0. The van der Waals surface area contributed by atoms with Gasteiger partial charge in [-0.25, -0.2) is 9.37 Å². The minimum atomic E-state index is -0.412. The predicted molar refractivity (Wildman–Crippen MR) is 92.0 cm³/mol. The van der Waals surface area contributed by atoms with Crippen LogP contribution in [-0.2, 0) is 19.5 Å². The fourth-order valence-corrected chi connectivity index (χ4v) is 2.52. The fourth-order valence-electron chi connectivity index (χ4n) is 2.52. The zero-order chi connectivity index (χ0) is 18.7. The Morgan fingerprint density at radius 2 is 1.92 bits per heavy atom. The molecule has 0 amide bonds. The van der Waals surface area contributed by atoms with Crippen LogP contribution in [0.1, 0.15) is 30.2 Å². The average Bonchev–Trinajstić information content (AvgIpc) is 3.22. The van der Waals surface area contributed by atoms with Crippen LogP contribution in [0.4, 0.5) is 4.39 Å². The summed E-state index contributed by atoms with van der Waals surface area (Å²) < 4.78 is 30.5. The Kier molecular flexibility index (Phi) is 5.32. The van der Waals surface area contributed by atoms with E-state index in [1.54, 1.807) is 19.1 Å². The van der Waals surface area contributed by atoms with Gasteiger partial charge < -0.3 is 13.6 Å².